The van der Waals surface area contributed by atoms with E-state index in [1.165, 1.54) is 32.0 Å². The fraction of sp³-hybridized carbons (Fsp3) is 0.208. The molecule has 0 saturated carbocycles. The molecule has 1 N–H and O–H groups in total. The molecule has 4 aromatic rings. The molecule has 4 heteroatoms. The SMILES string of the molecule is O=C(O)C1CCCN1C(c1cccc2ccccc12)c1csc2ccccc12. The number of carboxylic acids is 1. The first kappa shape index (κ1) is 17.4. The van der Waals surface area contributed by atoms with Gasteiger partial charge in [-0.1, -0.05) is 60.7 Å². The van der Waals surface area contributed by atoms with E-state index in [9.17, 15) is 9.90 Å². The quantitative estimate of drug-likeness (QED) is 0.489. The van der Waals surface area contributed by atoms with Crippen molar-refractivity contribution in [3.63, 3.8) is 0 Å². The highest BCUT2D eigenvalue weighted by Gasteiger charge is 2.38. The van der Waals surface area contributed by atoms with Crippen molar-refractivity contribution >= 4 is 38.2 Å². The number of fused-ring (bicyclic) bond motifs is 2. The highest BCUT2D eigenvalue weighted by atomic mass is 32.1. The van der Waals surface area contributed by atoms with Crippen molar-refractivity contribution in [1.82, 2.24) is 4.90 Å². The summed E-state index contributed by atoms with van der Waals surface area (Å²) in [6.45, 7) is 0.801. The topological polar surface area (TPSA) is 40.5 Å². The van der Waals surface area contributed by atoms with Crippen LogP contribution in [0.15, 0.2) is 72.1 Å². The van der Waals surface area contributed by atoms with E-state index in [4.69, 9.17) is 0 Å². The molecule has 0 aliphatic carbocycles. The molecule has 1 aliphatic heterocycles. The minimum Gasteiger partial charge on any atom is -0.480 e. The molecule has 1 aliphatic rings. The molecule has 3 nitrogen and oxygen atoms in total. The second-order valence-corrected chi connectivity index (χ2v) is 8.30. The third-order valence-corrected chi connectivity index (χ3v) is 6.82. The van der Waals surface area contributed by atoms with Crippen molar-refractivity contribution < 1.29 is 9.90 Å². The Bertz CT molecular complexity index is 1160. The number of nitrogens with zero attached hydrogens (tertiary/aromatic N) is 1. The van der Waals surface area contributed by atoms with E-state index >= 15 is 0 Å². The van der Waals surface area contributed by atoms with Gasteiger partial charge in [-0.25, -0.2) is 0 Å². The van der Waals surface area contributed by atoms with Crippen LogP contribution in [0, 0.1) is 0 Å². The summed E-state index contributed by atoms with van der Waals surface area (Å²) in [5.74, 6) is -0.720. The predicted octanol–water partition coefficient (Wildman–Crippen LogP) is 5.69. The van der Waals surface area contributed by atoms with Crippen LogP contribution >= 0.6 is 11.3 Å². The molecule has 5 rings (SSSR count). The van der Waals surface area contributed by atoms with E-state index in [0.29, 0.717) is 6.42 Å². The summed E-state index contributed by atoms with van der Waals surface area (Å²) in [7, 11) is 0. The van der Waals surface area contributed by atoms with E-state index < -0.39 is 12.0 Å². The molecule has 0 spiro atoms. The Kier molecular flexibility index (Phi) is 4.38. The van der Waals surface area contributed by atoms with Gasteiger partial charge in [0.15, 0.2) is 0 Å². The first-order chi connectivity index (χ1) is 13.7. The number of benzene rings is 3. The Hall–Kier alpha value is -2.69. The number of aliphatic carboxylic acids is 1. The number of carbonyl (C=O) groups is 1. The molecule has 2 unspecified atom stereocenters. The molecule has 3 aromatic carbocycles. The average molecular weight is 388 g/mol. The average Bonchev–Trinajstić information content (AvgIpc) is 3.37. The Morgan fingerprint density at radius 3 is 2.57 bits per heavy atom. The van der Waals surface area contributed by atoms with E-state index in [0.717, 1.165) is 13.0 Å². The Labute approximate surface area is 167 Å². The van der Waals surface area contributed by atoms with Crippen LogP contribution in [-0.2, 0) is 4.79 Å². The maximum Gasteiger partial charge on any atom is 0.320 e. The lowest BCUT2D eigenvalue weighted by Crippen LogP contribution is -2.39. The van der Waals surface area contributed by atoms with Gasteiger partial charge in [0.05, 0.1) is 6.04 Å². The van der Waals surface area contributed by atoms with Gasteiger partial charge in [0.25, 0.3) is 0 Å². The van der Waals surface area contributed by atoms with Crippen LogP contribution in [0.4, 0.5) is 0 Å². The van der Waals surface area contributed by atoms with Crippen LogP contribution in [-0.4, -0.2) is 28.6 Å². The van der Waals surface area contributed by atoms with Gasteiger partial charge in [0.1, 0.15) is 6.04 Å². The maximum atomic E-state index is 12.0. The summed E-state index contributed by atoms with van der Waals surface area (Å²) < 4.78 is 1.24. The summed E-state index contributed by atoms with van der Waals surface area (Å²) in [5, 5.41) is 15.7. The Morgan fingerprint density at radius 2 is 1.71 bits per heavy atom. The van der Waals surface area contributed by atoms with Crippen LogP contribution in [0.5, 0.6) is 0 Å². The van der Waals surface area contributed by atoms with E-state index in [1.807, 2.05) is 0 Å². The van der Waals surface area contributed by atoms with Crippen LogP contribution < -0.4 is 0 Å². The highest BCUT2D eigenvalue weighted by molar-refractivity contribution is 7.17. The van der Waals surface area contributed by atoms with Crippen LogP contribution in [0.25, 0.3) is 20.9 Å². The molecule has 1 saturated heterocycles. The van der Waals surface area contributed by atoms with Gasteiger partial charge < -0.3 is 5.11 Å². The molecule has 2 atom stereocenters. The fourth-order valence-electron chi connectivity index (χ4n) is 4.59. The van der Waals surface area contributed by atoms with Crippen LogP contribution in [0.1, 0.15) is 30.0 Å². The molecule has 140 valence electrons. The molecule has 0 amide bonds. The summed E-state index contributed by atoms with van der Waals surface area (Å²) in [6, 6.07) is 22.7. The van der Waals surface area contributed by atoms with Gasteiger partial charge >= 0.3 is 5.97 Å². The molecule has 28 heavy (non-hydrogen) atoms. The fourth-order valence-corrected chi connectivity index (χ4v) is 5.57. The molecule has 1 aromatic heterocycles. The first-order valence-corrected chi connectivity index (χ1v) is 10.5. The van der Waals surface area contributed by atoms with Gasteiger partial charge in [-0.15, -0.1) is 11.3 Å². The second kappa shape index (κ2) is 7.04. The third kappa shape index (κ3) is 2.81. The number of carboxylic acid groups (broad SMARTS) is 1. The van der Waals surface area contributed by atoms with Crippen LogP contribution in [0.2, 0.25) is 0 Å². The summed E-state index contributed by atoms with van der Waals surface area (Å²) in [4.78, 5) is 14.2. The van der Waals surface area contributed by atoms with Gasteiger partial charge in [0.2, 0.25) is 0 Å². The second-order valence-electron chi connectivity index (χ2n) is 7.39. The highest BCUT2D eigenvalue weighted by Crippen LogP contribution is 2.42. The molecular formula is C24H21NO2S. The zero-order valence-electron chi connectivity index (χ0n) is 15.4. The molecule has 2 heterocycles. The smallest absolute Gasteiger partial charge is 0.320 e. The minimum absolute atomic E-state index is 0.0640. The summed E-state index contributed by atoms with van der Waals surface area (Å²) in [5.41, 5.74) is 2.40. The van der Waals surface area contributed by atoms with Gasteiger partial charge in [-0.2, -0.15) is 0 Å². The number of rotatable bonds is 4. The van der Waals surface area contributed by atoms with E-state index in [2.05, 4.69) is 77.0 Å². The van der Waals surface area contributed by atoms with Gasteiger partial charge in [0, 0.05) is 11.2 Å². The number of likely N-dealkylation sites (tertiary alicyclic amines) is 1. The van der Waals surface area contributed by atoms with Crippen molar-refractivity contribution in [2.24, 2.45) is 0 Å². The normalized spacial score (nSPS) is 18.6. The zero-order chi connectivity index (χ0) is 19.1. The van der Waals surface area contributed by atoms with Crippen molar-refractivity contribution in [3.05, 3.63) is 83.2 Å². The van der Waals surface area contributed by atoms with E-state index in [1.54, 1.807) is 11.3 Å². The minimum atomic E-state index is -0.720. The van der Waals surface area contributed by atoms with Crippen molar-refractivity contribution in [2.45, 2.75) is 24.9 Å². The third-order valence-electron chi connectivity index (χ3n) is 5.83. The first-order valence-electron chi connectivity index (χ1n) is 9.66. The molecule has 0 bridgehead atoms. The lowest BCUT2D eigenvalue weighted by Gasteiger charge is -2.32. The largest absolute Gasteiger partial charge is 0.480 e. The maximum absolute atomic E-state index is 12.0. The summed E-state index contributed by atoms with van der Waals surface area (Å²) in [6.07, 6.45) is 1.62. The van der Waals surface area contributed by atoms with Crippen molar-refractivity contribution in [2.75, 3.05) is 6.54 Å². The number of thiophene rings is 1. The lowest BCUT2D eigenvalue weighted by atomic mass is 9.91. The summed E-state index contributed by atoms with van der Waals surface area (Å²) >= 11 is 1.74. The lowest BCUT2D eigenvalue weighted by molar-refractivity contribution is -0.142. The van der Waals surface area contributed by atoms with Gasteiger partial charge in [-0.3, -0.25) is 9.69 Å². The van der Waals surface area contributed by atoms with Crippen molar-refractivity contribution in [1.29, 1.82) is 0 Å². The number of hydrogen-bond acceptors (Lipinski definition) is 3. The Morgan fingerprint density at radius 1 is 0.964 bits per heavy atom. The zero-order valence-corrected chi connectivity index (χ0v) is 16.2. The predicted molar refractivity (Wildman–Crippen MR) is 115 cm³/mol. The number of hydrogen-bond donors (Lipinski definition) is 1. The Balaban J connectivity index is 1.77. The molecular weight excluding hydrogens is 366 g/mol. The molecule has 0 radical (unpaired) electrons. The standard InChI is InChI=1S/C24H21NO2S/c26-24(27)21-12-6-14-25(21)23(20-15-28-22-13-4-3-10-18(20)22)19-11-5-8-16-7-1-2-9-17(16)19/h1-5,7-11,13,15,21,23H,6,12,14H2,(H,26,27). The van der Waals surface area contributed by atoms with Crippen molar-refractivity contribution in [3.8, 4) is 0 Å². The van der Waals surface area contributed by atoms with Crippen LogP contribution in [0.3, 0.4) is 0 Å². The van der Waals surface area contributed by atoms with E-state index in [-0.39, 0.29) is 6.04 Å². The molecule has 1 fully saturated rings. The monoisotopic (exact) mass is 387 g/mol. The van der Waals surface area contributed by atoms with Gasteiger partial charge in [-0.05, 0) is 51.6 Å².